The molecule has 0 unspecified atom stereocenters. The highest BCUT2D eigenvalue weighted by Gasteiger charge is 2.53. The van der Waals surface area contributed by atoms with Gasteiger partial charge in [-0.2, -0.15) is 0 Å². The predicted octanol–water partition coefficient (Wildman–Crippen LogP) is 13.8. The Labute approximate surface area is 332 Å². The summed E-state index contributed by atoms with van der Waals surface area (Å²) in [6.45, 7) is 0. The number of rotatable bonds is 3. The zero-order valence-corrected chi connectivity index (χ0v) is 31.2. The van der Waals surface area contributed by atoms with Crippen molar-refractivity contribution in [3.63, 3.8) is 0 Å². The minimum atomic E-state index is -0.418. The maximum Gasteiger partial charge on any atom is 0.0726 e. The van der Waals surface area contributed by atoms with Gasteiger partial charge in [0, 0.05) is 17.1 Å². The third kappa shape index (κ3) is 3.75. The molecule has 264 valence electrons. The summed E-state index contributed by atoms with van der Waals surface area (Å²) >= 11 is 0. The van der Waals surface area contributed by atoms with Gasteiger partial charge in [0.25, 0.3) is 0 Å². The monoisotopic (exact) mass is 721 g/mol. The van der Waals surface area contributed by atoms with Crippen LogP contribution in [-0.4, -0.2) is 0 Å². The van der Waals surface area contributed by atoms with Crippen molar-refractivity contribution in [2.24, 2.45) is 0 Å². The molecule has 1 nitrogen and oxygen atoms in total. The highest BCUT2D eigenvalue weighted by Crippen LogP contribution is 2.65. The minimum Gasteiger partial charge on any atom is -0.310 e. The van der Waals surface area contributed by atoms with Crippen LogP contribution in [0.5, 0.6) is 0 Å². The molecule has 0 saturated carbocycles. The SMILES string of the molecule is c1ccc(N(c2ccc3c(c2)C2(c4ccccc4-c4ccccc42)c2ccccc2-3)c2ccc3c(c2)C2(c4ccccc4-c4ccccc42)c2ccccc2-3)cc1. The summed E-state index contributed by atoms with van der Waals surface area (Å²) in [7, 11) is 0. The van der Waals surface area contributed by atoms with Gasteiger partial charge < -0.3 is 4.90 Å². The largest absolute Gasteiger partial charge is 0.310 e. The maximum absolute atomic E-state index is 2.50. The zero-order chi connectivity index (χ0) is 37.3. The van der Waals surface area contributed by atoms with E-state index in [4.69, 9.17) is 0 Å². The van der Waals surface area contributed by atoms with Crippen LogP contribution in [0.15, 0.2) is 212 Å². The van der Waals surface area contributed by atoms with E-state index in [1.54, 1.807) is 0 Å². The molecule has 2 spiro atoms. The minimum absolute atomic E-state index is 0.418. The number of para-hydroxylation sites is 1. The van der Waals surface area contributed by atoms with E-state index in [9.17, 15) is 0 Å². The lowest BCUT2D eigenvalue weighted by molar-refractivity contribution is 0.792. The molecule has 9 aromatic carbocycles. The summed E-state index contributed by atoms with van der Waals surface area (Å²) in [5, 5.41) is 0. The van der Waals surface area contributed by atoms with Gasteiger partial charge in [0.05, 0.1) is 10.8 Å². The van der Waals surface area contributed by atoms with Crippen molar-refractivity contribution in [2.75, 3.05) is 4.90 Å². The van der Waals surface area contributed by atoms with Crippen LogP contribution in [0.25, 0.3) is 44.5 Å². The van der Waals surface area contributed by atoms with Gasteiger partial charge in [-0.15, -0.1) is 0 Å². The second-order valence-corrected chi connectivity index (χ2v) is 15.9. The summed E-state index contributed by atoms with van der Waals surface area (Å²) in [5.74, 6) is 0. The van der Waals surface area contributed by atoms with Gasteiger partial charge in [-0.25, -0.2) is 0 Å². The second kappa shape index (κ2) is 11.2. The Balaban J connectivity index is 1.08. The quantitative estimate of drug-likeness (QED) is 0.176. The highest BCUT2D eigenvalue weighted by molar-refractivity contribution is 5.98. The van der Waals surface area contributed by atoms with E-state index in [1.165, 1.54) is 89.0 Å². The molecule has 0 N–H and O–H groups in total. The van der Waals surface area contributed by atoms with Crippen molar-refractivity contribution >= 4 is 17.1 Å². The van der Waals surface area contributed by atoms with Gasteiger partial charge in [0.2, 0.25) is 0 Å². The molecule has 4 aliphatic rings. The first-order chi connectivity index (χ1) is 28.3. The normalized spacial score (nSPS) is 14.6. The van der Waals surface area contributed by atoms with Crippen LogP contribution in [0.4, 0.5) is 17.1 Å². The average Bonchev–Trinajstić information content (AvgIpc) is 3.96. The Morgan fingerprint density at radius 3 is 0.789 bits per heavy atom. The number of fused-ring (bicyclic) bond motifs is 20. The van der Waals surface area contributed by atoms with Gasteiger partial charge in [-0.1, -0.05) is 176 Å². The number of nitrogens with zero attached hydrogens (tertiary/aromatic N) is 1. The van der Waals surface area contributed by atoms with Crippen LogP contribution < -0.4 is 4.90 Å². The van der Waals surface area contributed by atoms with E-state index in [-0.39, 0.29) is 0 Å². The number of anilines is 3. The third-order valence-electron chi connectivity index (χ3n) is 13.5. The number of benzene rings is 9. The van der Waals surface area contributed by atoms with Crippen molar-refractivity contribution in [3.05, 3.63) is 257 Å². The molecule has 0 amide bonds. The molecule has 1 heteroatoms. The van der Waals surface area contributed by atoms with Gasteiger partial charge in [-0.3, -0.25) is 0 Å². The van der Waals surface area contributed by atoms with E-state index in [2.05, 4.69) is 217 Å². The molecule has 4 aliphatic carbocycles. The van der Waals surface area contributed by atoms with E-state index in [0.29, 0.717) is 0 Å². The first kappa shape index (κ1) is 31.0. The Bertz CT molecular complexity index is 2830. The Morgan fingerprint density at radius 1 is 0.211 bits per heavy atom. The molecular weight excluding hydrogens is 687 g/mol. The summed E-state index contributed by atoms with van der Waals surface area (Å²) in [6, 6.07) is 79.8. The van der Waals surface area contributed by atoms with E-state index in [1.807, 2.05) is 0 Å². The molecule has 0 saturated heterocycles. The van der Waals surface area contributed by atoms with E-state index in [0.717, 1.165) is 17.1 Å². The molecule has 0 bridgehead atoms. The van der Waals surface area contributed by atoms with Gasteiger partial charge in [0.1, 0.15) is 0 Å². The Morgan fingerprint density at radius 2 is 0.474 bits per heavy atom. The fourth-order valence-electron chi connectivity index (χ4n) is 11.5. The van der Waals surface area contributed by atoms with Gasteiger partial charge >= 0.3 is 0 Å². The van der Waals surface area contributed by atoms with Crippen LogP contribution in [0.2, 0.25) is 0 Å². The Hall–Kier alpha value is -7.22. The van der Waals surface area contributed by atoms with Crippen LogP contribution >= 0.6 is 0 Å². The molecule has 13 rings (SSSR count). The smallest absolute Gasteiger partial charge is 0.0726 e. The second-order valence-electron chi connectivity index (χ2n) is 15.9. The lowest BCUT2D eigenvalue weighted by Gasteiger charge is -2.33. The highest BCUT2D eigenvalue weighted by atomic mass is 15.1. The van der Waals surface area contributed by atoms with Gasteiger partial charge in [0.15, 0.2) is 0 Å². The van der Waals surface area contributed by atoms with E-state index >= 15 is 0 Å². The average molecular weight is 722 g/mol. The van der Waals surface area contributed by atoms with Crippen molar-refractivity contribution in [2.45, 2.75) is 10.8 Å². The number of hydrogen-bond donors (Lipinski definition) is 0. The number of hydrogen-bond acceptors (Lipinski definition) is 1. The molecule has 0 aliphatic heterocycles. The maximum atomic E-state index is 2.50. The summed E-state index contributed by atoms with van der Waals surface area (Å²) in [5.41, 5.74) is 23.9. The van der Waals surface area contributed by atoms with Crippen LogP contribution in [0.3, 0.4) is 0 Å². The first-order valence-electron chi connectivity index (χ1n) is 20.0. The van der Waals surface area contributed by atoms with E-state index < -0.39 is 10.8 Å². The molecular formula is C56H35N. The predicted molar refractivity (Wildman–Crippen MR) is 234 cm³/mol. The molecule has 0 heterocycles. The molecule has 57 heavy (non-hydrogen) atoms. The molecule has 0 aromatic heterocycles. The standard InChI is InChI=1S/C56H35N/c1-2-16-36(17-3-1)57(37-30-32-45-43-22-8-14-28-51(43)55(53(45)34-37)47-24-10-4-18-39(47)40-19-5-11-25-48(40)55)38-31-33-46-44-23-9-15-29-52(44)56(54(46)35-38)49-26-12-6-20-41(49)42-21-7-13-27-50(42)56/h1-35H. The fraction of sp³-hybridized carbons (Fsp3) is 0.0357. The molecule has 9 aromatic rings. The van der Waals surface area contributed by atoms with Crippen LogP contribution in [0.1, 0.15) is 44.5 Å². The fourth-order valence-corrected chi connectivity index (χ4v) is 11.5. The first-order valence-corrected chi connectivity index (χ1v) is 20.0. The van der Waals surface area contributed by atoms with Crippen molar-refractivity contribution in [1.82, 2.24) is 0 Å². The molecule has 0 radical (unpaired) electrons. The summed E-state index contributed by atoms with van der Waals surface area (Å²) in [4.78, 5) is 2.48. The zero-order valence-electron chi connectivity index (χ0n) is 31.2. The van der Waals surface area contributed by atoms with Crippen molar-refractivity contribution < 1.29 is 0 Å². The lowest BCUT2D eigenvalue weighted by Crippen LogP contribution is -2.26. The molecule has 0 atom stereocenters. The van der Waals surface area contributed by atoms with Crippen LogP contribution in [0, 0.1) is 0 Å². The van der Waals surface area contributed by atoms with Crippen molar-refractivity contribution in [3.8, 4) is 44.5 Å². The summed E-state index contributed by atoms with van der Waals surface area (Å²) < 4.78 is 0. The summed E-state index contributed by atoms with van der Waals surface area (Å²) in [6.07, 6.45) is 0. The third-order valence-corrected chi connectivity index (χ3v) is 13.5. The Kier molecular flexibility index (Phi) is 6.09. The topological polar surface area (TPSA) is 3.24 Å². The van der Waals surface area contributed by atoms with Crippen molar-refractivity contribution in [1.29, 1.82) is 0 Å². The van der Waals surface area contributed by atoms with Crippen LogP contribution in [-0.2, 0) is 10.8 Å². The lowest BCUT2D eigenvalue weighted by atomic mass is 9.70. The van der Waals surface area contributed by atoms with Gasteiger partial charge in [-0.05, 0) is 125 Å². The molecule has 0 fully saturated rings.